The van der Waals surface area contributed by atoms with Gasteiger partial charge in [-0.25, -0.2) is 13.6 Å². The third kappa shape index (κ3) is 3.83. The number of fused-ring (bicyclic) bond motifs is 1. The Morgan fingerprint density at radius 3 is 2.56 bits per heavy atom. The van der Waals surface area contributed by atoms with Gasteiger partial charge in [-0.05, 0) is 6.07 Å². The molecule has 0 radical (unpaired) electrons. The Hall–Kier alpha value is -2.78. The van der Waals surface area contributed by atoms with Crippen molar-refractivity contribution in [2.24, 2.45) is 15.4 Å². The average molecular weight is 421 g/mol. The minimum absolute atomic E-state index is 0.0492. The lowest BCUT2D eigenvalue weighted by Crippen LogP contribution is -2.16. The molecule has 1 atom stereocenters. The summed E-state index contributed by atoms with van der Waals surface area (Å²) in [6, 6.07) is 9.75. The van der Waals surface area contributed by atoms with Gasteiger partial charge in [0.2, 0.25) is 21.8 Å². The van der Waals surface area contributed by atoms with E-state index in [-0.39, 0.29) is 26.6 Å². The van der Waals surface area contributed by atoms with Gasteiger partial charge < -0.3 is 0 Å². The van der Waals surface area contributed by atoms with Crippen molar-refractivity contribution < 1.29 is 13.2 Å². The third-order valence-electron chi connectivity index (χ3n) is 3.42. The van der Waals surface area contributed by atoms with Crippen LogP contribution in [0.3, 0.4) is 0 Å². The Balaban J connectivity index is 2.03. The summed E-state index contributed by atoms with van der Waals surface area (Å²) >= 11 is 6.74. The van der Waals surface area contributed by atoms with Crippen molar-refractivity contribution in [1.29, 1.82) is 5.26 Å². The number of azo groups is 1. The van der Waals surface area contributed by atoms with E-state index in [0.717, 1.165) is 11.7 Å². The van der Waals surface area contributed by atoms with Gasteiger partial charge in [0.05, 0.1) is 22.8 Å². The number of Topliss-reactive ketones (excluding diaryl/α,β-unsaturated/α-hetero) is 1. The van der Waals surface area contributed by atoms with E-state index in [0.29, 0.717) is 5.56 Å². The first-order valence-electron chi connectivity index (χ1n) is 7.20. The molecule has 0 aliphatic rings. The quantitative estimate of drug-likeness (QED) is 0.494. The highest BCUT2D eigenvalue weighted by Crippen LogP contribution is 2.35. The second kappa shape index (κ2) is 7.45. The summed E-state index contributed by atoms with van der Waals surface area (Å²) in [7, 11) is -4.14. The molecule has 1 unspecified atom stereocenters. The number of benzene rings is 2. The molecule has 0 amide bonds. The number of sulfonamides is 1. The first-order chi connectivity index (χ1) is 12.8. The minimum Gasteiger partial charge on any atom is -0.290 e. The number of hydrogen-bond donors (Lipinski definition) is 1. The largest absolute Gasteiger partial charge is 0.290 e. The number of aromatic nitrogens is 2. The van der Waals surface area contributed by atoms with E-state index in [2.05, 4.69) is 19.0 Å². The topological polar surface area (TPSA) is 152 Å². The van der Waals surface area contributed by atoms with Crippen LogP contribution in [0.15, 0.2) is 51.5 Å². The highest BCUT2D eigenvalue weighted by atomic mass is 35.5. The van der Waals surface area contributed by atoms with E-state index in [9.17, 15) is 18.5 Å². The normalized spacial score (nSPS) is 12.9. The van der Waals surface area contributed by atoms with Crippen LogP contribution in [0, 0.1) is 11.3 Å². The number of carbonyl (C=O) groups excluding carboxylic acids is 1. The third-order valence-corrected chi connectivity index (χ3v) is 5.34. The van der Waals surface area contributed by atoms with E-state index in [1.165, 1.54) is 6.07 Å². The van der Waals surface area contributed by atoms with Crippen LogP contribution in [0.25, 0.3) is 11.0 Å². The average Bonchev–Trinajstić information content (AvgIpc) is 3.10. The van der Waals surface area contributed by atoms with Crippen molar-refractivity contribution in [2.75, 3.05) is 0 Å². The molecule has 0 aliphatic heterocycles. The van der Waals surface area contributed by atoms with Crippen LogP contribution in [0.1, 0.15) is 10.4 Å². The number of nitrogens with two attached hydrogens (primary N) is 1. The van der Waals surface area contributed by atoms with Crippen LogP contribution in [0.4, 0.5) is 5.69 Å². The van der Waals surface area contributed by atoms with E-state index in [1.807, 2.05) is 0 Å². The van der Waals surface area contributed by atoms with Gasteiger partial charge in [0.25, 0.3) is 0 Å². The van der Waals surface area contributed by atoms with Gasteiger partial charge in [-0.1, -0.05) is 41.9 Å². The number of rotatable bonds is 5. The lowest BCUT2D eigenvalue weighted by Gasteiger charge is -2.05. The number of hydrogen-bond acceptors (Lipinski definition) is 9. The summed E-state index contributed by atoms with van der Waals surface area (Å²) < 4.78 is 31.3. The van der Waals surface area contributed by atoms with Crippen molar-refractivity contribution in [2.45, 2.75) is 10.9 Å². The Morgan fingerprint density at radius 1 is 1.26 bits per heavy atom. The summed E-state index contributed by atoms with van der Waals surface area (Å²) in [6.45, 7) is 0. The standard InChI is InChI=1S/C15H9ClN6O3S2/c16-9-6-10(12-13(22-26-21-12)15(9)27(18,24)25)19-20-11(7-17)14(23)8-4-2-1-3-5-8/h1-6,11H,(H2,18,24,25). The molecule has 1 aromatic heterocycles. The SMILES string of the molecule is N#CC(N=Nc1cc(Cl)c(S(N)(=O)=O)c2nsnc12)C(=O)c1ccccc1. The van der Waals surface area contributed by atoms with Gasteiger partial charge in [0, 0.05) is 5.56 Å². The maximum atomic E-state index is 12.3. The lowest BCUT2D eigenvalue weighted by atomic mass is 10.1. The van der Waals surface area contributed by atoms with Gasteiger partial charge in [-0.2, -0.15) is 24.2 Å². The summed E-state index contributed by atoms with van der Waals surface area (Å²) in [4.78, 5) is 12.0. The van der Waals surface area contributed by atoms with Crippen molar-refractivity contribution in [3.8, 4) is 6.07 Å². The van der Waals surface area contributed by atoms with Crippen LogP contribution >= 0.6 is 23.3 Å². The number of carbonyl (C=O) groups is 1. The molecule has 27 heavy (non-hydrogen) atoms. The van der Waals surface area contributed by atoms with E-state index >= 15 is 0 Å². The summed E-state index contributed by atoms with van der Waals surface area (Å²) in [5, 5.41) is 21.8. The molecule has 3 aromatic rings. The van der Waals surface area contributed by atoms with Crippen LogP contribution in [0.5, 0.6) is 0 Å². The molecule has 3 rings (SSSR count). The Kier molecular flexibility index (Phi) is 5.24. The summed E-state index contributed by atoms with van der Waals surface area (Å²) in [6.07, 6.45) is 0. The molecule has 0 spiro atoms. The second-order valence-electron chi connectivity index (χ2n) is 5.19. The number of ketones is 1. The first-order valence-corrected chi connectivity index (χ1v) is 9.85. The molecule has 9 nitrogen and oxygen atoms in total. The zero-order valence-corrected chi connectivity index (χ0v) is 15.7. The van der Waals surface area contributed by atoms with Gasteiger partial charge in [0.15, 0.2) is 0 Å². The fourth-order valence-electron chi connectivity index (χ4n) is 2.24. The highest BCUT2D eigenvalue weighted by molar-refractivity contribution is 7.89. The van der Waals surface area contributed by atoms with E-state index < -0.39 is 21.8 Å². The Bertz CT molecular complexity index is 1200. The van der Waals surface area contributed by atoms with E-state index in [4.69, 9.17) is 16.7 Å². The van der Waals surface area contributed by atoms with Gasteiger partial charge in [-0.3, -0.25) is 4.79 Å². The molecule has 136 valence electrons. The molecular formula is C15H9ClN6O3S2. The highest BCUT2D eigenvalue weighted by Gasteiger charge is 2.24. The van der Waals surface area contributed by atoms with Crippen molar-refractivity contribution >= 4 is 55.9 Å². The molecule has 0 bridgehead atoms. The monoisotopic (exact) mass is 420 g/mol. The second-order valence-corrected chi connectivity index (χ2v) is 7.62. The van der Waals surface area contributed by atoms with Gasteiger partial charge in [0.1, 0.15) is 21.6 Å². The first kappa shape index (κ1) is 19.0. The van der Waals surface area contributed by atoms with Gasteiger partial charge in [-0.15, -0.1) is 0 Å². The molecule has 0 saturated heterocycles. The molecule has 2 N–H and O–H groups in total. The maximum absolute atomic E-state index is 12.3. The minimum atomic E-state index is -4.14. The van der Waals surface area contributed by atoms with Crippen LogP contribution in [0.2, 0.25) is 5.02 Å². The molecule has 12 heteroatoms. The van der Waals surface area contributed by atoms with Crippen molar-refractivity contribution in [3.63, 3.8) is 0 Å². The van der Waals surface area contributed by atoms with Crippen LogP contribution < -0.4 is 5.14 Å². The summed E-state index contributed by atoms with van der Waals surface area (Å²) in [5.74, 6) is -0.526. The number of primary sulfonamides is 1. The zero-order valence-electron chi connectivity index (χ0n) is 13.3. The molecular weight excluding hydrogens is 412 g/mol. The molecule has 0 fully saturated rings. The van der Waals surface area contributed by atoms with Crippen LogP contribution in [-0.2, 0) is 10.0 Å². The van der Waals surface area contributed by atoms with Crippen molar-refractivity contribution in [1.82, 2.24) is 8.75 Å². The Labute approximate surface area is 162 Å². The zero-order chi connectivity index (χ0) is 19.6. The number of nitriles is 1. The number of nitrogens with zero attached hydrogens (tertiary/aromatic N) is 5. The molecule has 2 aromatic carbocycles. The smallest absolute Gasteiger partial charge is 0.241 e. The predicted molar refractivity (Wildman–Crippen MR) is 98.5 cm³/mol. The van der Waals surface area contributed by atoms with Gasteiger partial charge >= 0.3 is 0 Å². The number of halogens is 1. The Morgan fingerprint density at radius 2 is 1.93 bits per heavy atom. The van der Waals surface area contributed by atoms with Crippen molar-refractivity contribution in [3.05, 3.63) is 47.0 Å². The fourth-order valence-corrected chi connectivity index (χ4v) is 4.11. The summed E-state index contributed by atoms with van der Waals surface area (Å²) in [5.41, 5.74) is 0.427. The molecule has 0 aliphatic carbocycles. The fraction of sp³-hybridized carbons (Fsp3) is 0.0667. The maximum Gasteiger partial charge on any atom is 0.241 e. The molecule has 0 saturated carbocycles. The van der Waals surface area contributed by atoms with E-state index in [1.54, 1.807) is 36.4 Å². The lowest BCUT2D eigenvalue weighted by molar-refractivity contribution is 0.0979. The van der Waals surface area contributed by atoms with Crippen LogP contribution in [-0.4, -0.2) is 29.0 Å². The predicted octanol–water partition coefficient (Wildman–Crippen LogP) is 2.85. The molecule has 1 heterocycles.